The van der Waals surface area contributed by atoms with E-state index in [9.17, 15) is 0 Å². The van der Waals surface area contributed by atoms with E-state index < -0.39 is 0 Å². The third-order valence-corrected chi connectivity index (χ3v) is 2.93. The normalized spacial score (nSPS) is 22.3. The summed E-state index contributed by atoms with van der Waals surface area (Å²) in [7, 11) is 0. The van der Waals surface area contributed by atoms with Crippen molar-refractivity contribution >= 4 is 28.4 Å². The van der Waals surface area contributed by atoms with Crippen LogP contribution in [-0.2, 0) is 0 Å². The largest absolute Gasteiger partial charge is 0.354 e. The Bertz CT molecular complexity index is 304. The molecule has 0 aliphatic carbocycles. The van der Waals surface area contributed by atoms with Gasteiger partial charge in [-0.25, -0.2) is 9.97 Å². The second-order valence-corrected chi connectivity index (χ2v) is 4.35. The number of aromatic nitrogens is 2. The average Bonchev–Trinajstić information content (AvgIpc) is 2.53. The summed E-state index contributed by atoms with van der Waals surface area (Å²) in [6.07, 6.45) is 4.47. The fraction of sp³-hybridized carbons (Fsp3) is 0.500. The van der Waals surface area contributed by atoms with E-state index in [0.717, 1.165) is 28.9 Å². The number of anilines is 1. The van der Waals surface area contributed by atoms with Crippen LogP contribution in [0.1, 0.15) is 6.42 Å². The molecule has 1 saturated heterocycles. The second kappa shape index (κ2) is 3.75. The Morgan fingerprint density at radius 3 is 3.08 bits per heavy atom. The number of halogens is 1. The van der Waals surface area contributed by atoms with Gasteiger partial charge in [-0.2, -0.15) is 0 Å². The molecule has 0 amide bonds. The molecule has 0 spiro atoms. The molecule has 1 aliphatic heterocycles. The molecule has 70 valence electrons. The van der Waals surface area contributed by atoms with Gasteiger partial charge in [-0.15, -0.1) is 0 Å². The van der Waals surface area contributed by atoms with Gasteiger partial charge in [0, 0.05) is 25.3 Å². The second-order valence-electron chi connectivity index (χ2n) is 3.19. The summed E-state index contributed by atoms with van der Waals surface area (Å²) in [4.78, 5) is 10.4. The van der Waals surface area contributed by atoms with Crippen molar-refractivity contribution in [3.05, 3.63) is 16.1 Å². The first-order chi connectivity index (χ1) is 6.27. The van der Waals surface area contributed by atoms with Gasteiger partial charge in [0.15, 0.2) is 0 Å². The first-order valence-electron chi connectivity index (χ1n) is 4.23. The molecule has 1 fully saturated rings. The molecular formula is C8H11IN4. The summed E-state index contributed by atoms with van der Waals surface area (Å²) < 4.78 is 1.09. The Morgan fingerprint density at radius 2 is 2.46 bits per heavy atom. The number of rotatable bonds is 1. The van der Waals surface area contributed by atoms with Crippen LogP contribution in [-0.4, -0.2) is 29.1 Å². The highest BCUT2D eigenvalue weighted by molar-refractivity contribution is 14.1. The van der Waals surface area contributed by atoms with Gasteiger partial charge in [0.2, 0.25) is 0 Å². The van der Waals surface area contributed by atoms with Crippen LogP contribution in [0.25, 0.3) is 0 Å². The van der Waals surface area contributed by atoms with Crippen LogP contribution < -0.4 is 10.6 Å². The highest BCUT2D eigenvalue weighted by atomic mass is 127. The van der Waals surface area contributed by atoms with Crippen molar-refractivity contribution < 1.29 is 0 Å². The highest BCUT2D eigenvalue weighted by Crippen LogP contribution is 2.21. The molecule has 1 aromatic heterocycles. The van der Waals surface area contributed by atoms with Gasteiger partial charge in [0.1, 0.15) is 12.1 Å². The third-order valence-electron chi connectivity index (χ3n) is 2.17. The van der Waals surface area contributed by atoms with Crippen molar-refractivity contribution in [3.8, 4) is 0 Å². The smallest absolute Gasteiger partial charge is 0.145 e. The van der Waals surface area contributed by atoms with Crippen LogP contribution in [0.2, 0.25) is 0 Å². The predicted octanol–water partition coefficient (Wildman–Crippen LogP) is 0.619. The van der Waals surface area contributed by atoms with Gasteiger partial charge in [-0.3, -0.25) is 0 Å². The minimum Gasteiger partial charge on any atom is -0.354 e. The van der Waals surface area contributed by atoms with E-state index in [0.29, 0.717) is 6.04 Å². The minimum atomic E-state index is 0.297. The average molecular weight is 290 g/mol. The van der Waals surface area contributed by atoms with Gasteiger partial charge in [-0.05, 0) is 29.0 Å². The maximum Gasteiger partial charge on any atom is 0.145 e. The molecule has 2 N–H and O–H groups in total. The molecule has 0 radical (unpaired) electrons. The molecular weight excluding hydrogens is 279 g/mol. The first-order valence-corrected chi connectivity index (χ1v) is 5.31. The number of hydrogen-bond acceptors (Lipinski definition) is 4. The summed E-state index contributed by atoms with van der Waals surface area (Å²) >= 11 is 2.25. The molecule has 1 aliphatic rings. The standard InChI is InChI=1S/C8H11IN4/c9-7-3-11-5-12-8(7)13-2-1-6(10)4-13/h3,5-6H,1-2,4,10H2. The third kappa shape index (κ3) is 1.91. The van der Waals surface area contributed by atoms with E-state index in [2.05, 4.69) is 37.5 Å². The Morgan fingerprint density at radius 1 is 1.62 bits per heavy atom. The van der Waals surface area contributed by atoms with Gasteiger partial charge in [-0.1, -0.05) is 0 Å². The molecule has 5 heteroatoms. The Labute approximate surface area is 90.7 Å². The van der Waals surface area contributed by atoms with Crippen molar-refractivity contribution in [2.24, 2.45) is 5.73 Å². The summed E-state index contributed by atoms with van der Waals surface area (Å²) in [5, 5.41) is 0. The zero-order valence-corrected chi connectivity index (χ0v) is 9.31. The molecule has 4 nitrogen and oxygen atoms in total. The minimum absolute atomic E-state index is 0.297. The van der Waals surface area contributed by atoms with Crippen LogP contribution >= 0.6 is 22.6 Å². The lowest BCUT2D eigenvalue weighted by molar-refractivity contribution is 0.751. The zero-order chi connectivity index (χ0) is 9.26. The van der Waals surface area contributed by atoms with Crippen LogP contribution in [0, 0.1) is 3.57 Å². The number of nitrogens with two attached hydrogens (primary N) is 1. The van der Waals surface area contributed by atoms with E-state index in [1.54, 1.807) is 6.33 Å². The van der Waals surface area contributed by atoms with Gasteiger partial charge < -0.3 is 10.6 Å². The van der Waals surface area contributed by atoms with Crippen LogP contribution in [0.5, 0.6) is 0 Å². The van der Waals surface area contributed by atoms with Crippen molar-refractivity contribution in [1.82, 2.24) is 9.97 Å². The first kappa shape index (κ1) is 9.14. The lowest BCUT2D eigenvalue weighted by Gasteiger charge is -2.17. The Kier molecular flexibility index (Phi) is 2.63. The van der Waals surface area contributed by atoms with E-state index in [4.69, 9.17) is 5.73 Å². The monoisotopic (exact) mass is 290 g/mol. The quantitative estimate of drug-likeness (QED) is 0.770. The number of hydrogen-bond donors (Lipinski definition) is 1. The lowest BCUT2D eigenvalue weighted by Crippen LogP contribution is -2.27. The van der Waals surface area contributed by atoms with Crippen LogP contribution in [0.15, 0.2) is 12.5 Å². The van der Waals surface area contributed by atoms with E-state index in [-0.39, 0.29) is 0 Å². The number of nitrogens with zero attached hydrogens (tertiary/aromatic N) is 3. The lowest BCUT2D eigenvalue weighted by atomic mass is 10.3. The maximum absolute atomic E-state index is 5.83. The summed E-state index contributed by atoms with van der Waals surface area (Å²) in [5.74, 6) is 1.02. The van der Waals surface area contributed by atoms with Crippen LogP contribution in [0.3, 0.4) is 0 Å². The fourth-order valence-electron chi connectivity index (χ4n) is 1.52. The molecule has 2 rings (SSSR count). The molecule has 0 aromatic carbocycles. The van der Waals surface area contributed by atoms with Crippen molar-refractivity contribution in [2.75, 3.05) is 18.0 Å². The summed E-state index contributed by atoms with van der Waals surface area (Å²) in [6, 6.07) is 0.297. The van der Waals surface area contributed by atoms with Crippen molar-refractivity contribution in [2.45, 2.75) is 12.5 Å². The van der Waals surface area contributed by atoms with Gasteiger partial charge >= 0.3 is 0 Å². The Balaban J connectivity index is 2.21. The van der Waals surface area contributed by atoms with Crippen molar-refractivity contribution in [1.29, 1.82) is 0 Å². The molecule has 1 atom stereocenters. The highest BCUT2D eigenvalue weighted by Gasteiger charge is 2.21. The molecule has 0 bridgehead atoms. The molecule has 13 heavy (non-hydrogen) atoms. The zero-order valence-electron chi connectivity index (χ0n) is 7.15. The van der Waals surface area contributed by atoms with E-state index in [1.165, 1.54) is 0 Å². The SMILES string of the molecule is NC1CCN(c2ncncc2I)C1. The molecule has 0 saturated carbocycles. The Hall–Kier alpha value is -0.430. The summed E-state index contributed by atoms with van der Waals surface area (Å²) in [5.41, 5.74) is 5.83. The van der Waals surface area contributed by atoms with Gasteiger partial charge in [0.25, 0.3) is 0 Å². The van der Waals surface area contributed by atoms with E-state index in [1.807, 2.05) is 6.20 Å². The fourth-order valence-corrected chi connectivity index (χ4v) is 2.16. The van der Waals surface area contributed by atoms with Crippen LogP contribution in [0.4, 0.5) is 5.82 Å². The topological polar surface area (TPSA) is 55.0 Å². The molecule has 1 aromatic rings. The maximum atomic E-state index is 5.83. The predicted molar refractivity (Wildman–Crippen MR) is 59.6 cm³/mol. The van der Waals surface area contributed by atoms with Crippen molar-refractivity contribution in [3.63, 3.8) is 0 Å². The molecule has 1 unspecified atom stereocenters. The van der Waals surface area contributed by atoms with E-state index >= 15 is 0 Å². The van der Waals surface area contributed by atoms with Gasteiger partial charge in [0.05, 0.1) is 3.57 Å². The summed E-state index contributed by atoms with van der Waals surface area (Å²) in [6.45, 7) is 1.92. The molecule has 2 heterocycles.